The van der Waals surface area contributed by atoms with E-state index >= 15 is 0 Å². The van der Waals surface area contributed by atoms with Gasteiger partial charge in [0.15, 0.2) is 0 Å². The molecule has 0 spiro atoms. The van der Waals surface area contributed by atoms with Crippen LogP contribution in [0.2, 0.25) is 0 Å². The fourth-order valence-corrected chi connectivity index (χ4v) is 3.94. The van der Waals surface area contributed by atoms with E-state index < -0.39 is 0 Å². The smallest absolute Gasteiger partial charge is 0.253 e. The lowest BCUT2D eigenvalue weighted by Gasteiger charge is -2.34. The summed E-state index contributed by atoms with van der Waals surface area (Å²) >= 11 is 1.78. The number of piperazine rings is 1. The SMILES string of the molecule is Cc1ccc(C(=O)N2CCN(Cc3nc(C)c(C)s3)CC2)cc1C. The van der Waals surface area contributed by atoms with Gasteiger partial charge in [-0.2, -0.15) is 0 Å². The van der Waals surface area contributed by atoms with Crippen LogP contribution in [-0.4, -0.2) is 46.9 Å². The Morgan fingerprint density at radius 3 is 2.38 bits per heavy atom. The highest BCUT2D eigenvalue weighted by Gasteiger charge is 2.23. The fourth-order valence-electron chi connectivity index (χ4n) is 2.96. The maximum atomic E-state index is 12.7. The van der Waals surface area contributed by atoms with Crippen LogP contribution in [0.3, 0.4) is 0 Å². The number of carbonyl (C=O) groups is 1. The van der Waals surface area contributed by atoms with E-state index in [0.717, 1.165) is 44.0 Å². The third-order valence-corrected chi connectivity index (χ3v) is 5.90. The molecule has 5 heteroatoms. The minimum Gasteiger partial charge on any atom is -0.336 e. The number of thiazole rings is 1. The van der Waals surface area contributed by atoms with Crippen LogP contribution in [0.1, 0.15) is 37.1 Å². The third-order valence-electron chi connectivity index (χ3n) is 4.85. The van der Waals surface area contributed by atoms with Crippen LogP contribution < -0.4 is 0 Å². The normalized spacial score (nSPS) is 15.8. The molecule has 2 aromatic rings. The number of aryl methyl sites for hydroxylation is 4. The molecule has 0 aliphatic carbocycles. The number of hydrogen-bond acceptors (Lipinski definition) is 4. The molecular formula is C19H25N3OS. The lowest BCUT2D eigenvalue weighted by molar-refractivity contribution is 0.0628. The first-order valence-corrected chi connectivity index (χ1v) is 9.27. The third kappa shape index (κ3) is 3.68. The van der Waals surface area contributed by atoms with E-state index in [1.54, 1.807) is 11.3 Å². The van der Waals surface area contributed by atoms with Gasteiger partial charge in [-0.1, -0.05) is 6.07 Å². The maximum absolute atomic E-state index is 12.7. The Hall–Kier alpha value is -1.72. The minimum absolute atomic E-state index is 0.152. The molecule has 1 saturated heterocycles. The van der Waals surface area contributed by atoms with Crippen LogP contribution in [0.5, 0.6) is 0 Å². The molecule has 0 N–H and O–H groups in total. The summed E-state index contributed by atoms with van der Waals surface area (Å²) in [6.07, 6.45) is 0. The van der Waals surface area contributed by atoms with Crippen molar-refractivity contribution < 1.29 is 4.79 Å². The van der Waals surface area contributed by atoms with Crippen molar-refractivity contribution >= 4 is 17.2 Å². The van der Waals surface area contributed by atoms with Crippen molar-refractivity contribution in [3.63, 3.8) is 0 Å². The predicted molar refractivity (Wildman–Crippen MR) is 98.7 cm³/mol. The Bertz CT molecular complexity index is 726. The average molecular weight is 343 g/mol. The average Bonchev–Trinajstić information content (AvgIpc) is 2.88. The van der Waals surface area contributed by atoms with Crippen molar-refractivity contribution in [3.8, 4) is 0 Å². The molecule has 1 aliphatic heterocycles. The summed E-state index contributed by atoms with van der Waals surface area (Å²) in [6.45, 7) is 12.6. The molecule has 1 amide bonds. The second-order valence-electron chi connectivity index (χ2n) is 6.62. The lowest BCUT2D eigenvalue weighted by Crippen LogP contribution is -2.48. The fraction of sp³-hybridized carbons (Fsp3) is 0.474. The van der Waals surface area contributed by atoms with Gasteiger partial charge in [0.25, 0.3) is 5.91 Å². The monoisotopic (exact) mass is 343 g/mol. The van der Waals surface area contributed by atoms with Gasteiger partial charge in [0.1, 0.15) is 5.01 Å². The van der Waals surface area contributed by atoms with Gasteiger partial charge >= 0.3 is 0 Å². The number of hydrogen-bond donors (Lipinski definition) is 0. The van der Waals surface area contributed by atoms with Crippen LogP contribution in [-0.2, 0) is 6.54 Å². The van der Waals surface area contributed by atoms with Crippen LogP contribution in [0.25, 0.3) is 0 Å². The summed E-state index contributed by atoms with van der Waals surface area (Å²) in [6, 6.07) is 5.98. The van der Waals surface area contributed by atoms with Gasteiger partial charge in [-0.25, -0.2) is 4.98 Å². The molecule has 4 nitrogen and oxygen atoms in total. The lowest BCUT2D eigenvalue weighted by atomic mass is 10.1. The molecule has 1 aromatic heterocycles. The Kier molecular flexibility index (Phi) is 5.01. The van der Waals surface area contributed by atoms with Gasteiger partial charge in [-0.15, -0.1) is 11.3 Å². The van der Waals surface area contributed by atoms with Gasteiger partial charge in [0, 0.05) is 36.6 Å². The summed E-state index contributed by atoms with van der Waals surface area (Å²) in [5.74, 6) is 0.152. The zero-order chi connectivity index (χ0) is 17.3. The largest absolute Gasteiger partial charge is 0.336 e. The molecule has 0 unspecified atom stereocenters. The second-order valence-corrected chi connectivity index (χ2v) is 7.90. The summed E-state index contributed by atoms with van der Waals surface area (Å²) in [5.41, 5.74) is 4.34. The van der Waals surface area contributed by atoms with Crippen LogP contribution in [0, 0.1) is 27.7 Å². The minimum atomic E-state index is 0.152. The van der Waals surface area contributed by atoms with Crippen LogP contribution in [0.4, 0.5) is 0 Å². The van der Waals surface area contributed by atoms with Crippen molar-refractivity contribution in [1.82, 2.24) is 14.8 Å². The van der Waals surface area contributed by atoms with Crippen molar-refractivity contribution in [2.75, 3.05) is 26.2 Å². The summed E-state index contributed by atoms with van der Waals surface area (Å²) in [4.78, 5) is 23.0. The molecule has 0 bridgehead atoms. The Labute approximate surface area is 148 Å². The summed E-state index contributed by atoms with van der Waals surface area (Å²) in [5, 5.41) is 1.18. The Morgan fingerprint density at radius 2 is 1.79 bits per heavy atom. The molecule has 0 atom stereocenters. The maximum Gasteiger partial charge on any atom is 0.253 e. The first-order valence-electron chi connectivity index (χ1n) is 8.46. The quantitative estimate of drug-likeness (QED) is 0.858. The van der Waals surface area contributed by atoms with Gasteiger partial charge in [0.05, 0.1) is 12.2 Å². The molecule has 1 aliphatic rings. The number of aromatic nitrogens is 1. The van der Waals surface area contributed by atoms with E-state index in [1.807, 2.05) is 23.1 Å². The standard InChI is InChI=1S/C19H25N3OS/c1-13-5-6-17(11-14(13)2)19(23)22-9-7-21(8-10-22)12-18-20-15(3)16(4)24-18/h5-6,11H,7-10,12H2,1-4H3. The number of benzene rings is 1. The zero-order valence-electron chi connectivity index (χ0n) is 14.9. The van der Waals surface area contributed by atoms with Gasteiger partial charge in [-0.3, -0.25) is 9.69 Å². The number of nitrogens with zero attached hydrogens (tertiary/aromatic N) is 3. The van der Waals surface area contributed by atoms with Crippen LogP contribution in [0.15, 0.2) is 18.2 Å². The molecule has 2 heterocycles. The molecule has 1 fully saturated rings. The molecule has 1 aromatic carbocycles. The van der Waals surface area contributed by atoms with Crippen molar-refractivity contribution in [1.29, 1.82) is 0 Å². The van der Waals surface area contributed by atoms with Crippen LogP contribution >= 0.6 is 11.3 Å². The van der Waals surface area contributed by atoms with Gasteiger partial charge in [0.2, 0.25) is 0 Å². The highest BCUT2D eigenvalue weighted by atomic mass is 32.1. The van der Waals surface area contributed by atoms with Gasteiger partial charge < -0.3 is 4.90 Å². The molecule has 128 valence electrons. The van der Waals surface area contributed by atoms with Crippen molar-refractivity contribution in [2.45, 2.75) is 34.2 Å². The predicted octanol–water partition coefficient (Wildman–Crippen LogP) is 3.33. The highest BCUT2D eigenvalue weighted by Crippen LogP contribution is 2.19. The van der Waals surface area contributed by atoms with E-state index in [4.69, 9.17) is 0 Å². The first-order chi connectivity index (χ1) is 11.4. The molecule has 0 saturated carbocycles. The van der Waals surface area contributed by atoms with E-state index in [1.165, 1.54) is 21.0 Å². The van der Waals surface area contributed by atoms with E-state index in [0.29, 0.717) is 0 Å². The molecular weight excluding hydrogens is 318 g/mol. The zero-order valence-corrected chi connectivity index (χ0v) is 15.7. The highest BCUT2D eigenvalue weighted by molar-refractivity contribution is 7.11. The molecule has 24 heavy (non-hydrogen) atoms. The Morgan fingerprint density at radius 1 is 1.08 bits per heavy atom. The van der Waals surface area contributed by atoms with E-state index in [2.05, 4.69) is 37.6 Å². The topological polar surface area (TPSA) is 36.4 Å². The number of rotatable bonds is 3. The molecule has 3 rings (SSSR count). The van der Waals surface area contributed by atoms with E-state index in [9.17, 15) is 4.79 Å². The van der Waals surface area contributed by atoms with Gasteiger partial charge in [-0.05, 0) is 51.0 Å². The number of amides is 1. The summed E-state index contributed by atoms with van der Waals surface area (Å²) in [7, 11) is 0. The first kappa shape index (κ1) is 17.1. The van der Waals surface area contributed by atoms with E-state index in [-0.39, 0.29) is 5.91 Å². The second kappa shape index (κ2) is 7.03. The summed E-state index contributed by atoms with van der Waals surface area (Å²) < 4.78 is 0. The van der Waals surface area contributed by atoms with Crippen molar-refractivity contribution in [2.24, 2.45) is 0 Å². The molecule has 0 radical (unpaired) electrons. The Balaban J connectivity index is 1.58. The van der Waals surface area contributed by atoms with Crippen molar-refractivity contribution in [3.05, 3.63) is 50.5 Å². The number of carbonyl (C=O) groups excluding carboxylic acids is 1.